The third-order valence-corrected chi connectivity index (χ3v) is 4.65. The number of aldehydes is 1. The van der Waals surface area contributed by atoms with Crippen LogP contribution in [0.25, 0.3) is 10.9 Å². The van der Waals surface area contributed by atoms with E-state index in [1.807, 2.05) is 13.0 Å². The number of carbonyl (C=O) groups is 2. The van der Waals surface area contributed by atoms with E-state index in [0.29, 0.717) is 5.56 Å². The Morgan fingerprint density at radius 1 is 1.24 bits per heavy atom. The van der Waals surface area contributed by atoms with Crippen LogP contribution in [0.4, 0.5) is 0 Å². The van der Waals surface area contributed by atoms with Crippen molar-refractivity contribution in [3.05, 3.63) is 41.1 Å². The number of fused-ring (bicyclic) bond motifs is 2. The highest BCUT2D eigenvalue weighted by Gasteiger charge is 2.32. The molecule has 0 spiro atoms. The number of amides is 1. The molecule has 0 bridgehead atoms. The summed E-state index contributed by atoms with van der Waals surface area (Å²) in [6.07, 6.45) is 5.60. The van der Waals surface area contributed by atoms with Crippen LogP contribution < -0.4 is 5.73 Å². The number of aryl methyl sites for hydroxylation is 2. The van der Waals surface area contributed by atoms with Gasteiger partial charge in [0.2, 0.25) is 5.91 Å². The highest BCUT2D eigenvalue weighted by atomic mass is 16.1. The van der Waals surface area contributed by atoms with Crippen molar-refractivity contribution < 1.29 is 9.59 Å². The molecule has 2 aromatic rings. The highest BCUT2D eigenvalue weighted by Crippen LogP contribution is 2.35. The minimum Gasteiger partial charge on any atom is -0.369 e. The van der Waals surface area contributed by atoms with Gasteiger partial charge in [0.25, 0.3) is 0 Å². The molecule has 3 rings (SSSR count). The average Bonchev–Trinajstić information content (AvgIpc) is 2.65. The number of carbonyl (C=O) groups excluding carboxylic acids is 2. The Morgan fingerprint density at radius 2 is 1.90 bits per heavy atom. The summed E-state index contributed by atoms with van der Waals surface area (Å²) >= 11 is 0. The lowest BCUT2D eigenvalue weighted by molar-refractivity contribution is -0.127. The summed E-state index contributed by atoms with van der Waals surface area (Å²) in [4.78, 5) is 26.9. The fraction of sp³-hybridized carbons (Fsp3) is 0.353. The van der Waals surface area contributed by atoms with Gasteiger partial charge in [-0.05, 0) is 55.0 Å². The average molecular weight is 282 g/mol. The number of primary amides is 1. The standard InChI is InChI=1S/C17H18N2O2/c1-17(16(18)21)4-2-12-7-14-6-11(10-20)9-19-15(14)8-13(12)3-5-17/h6-10H,2-5H2,1H3,(H2,18,21). The van der Waals surface area contributed by atoms with Gasteiger partial charge in [0.15, 0.2) is 6.29 Å². The van der Waals surface area contributed by atoms with Gasteiger partial charge in [0, 0.05) is 22.6 Å². The molecule has 4 heteroatoms. The van der Waals surface area contributed by atoms with Crippen LogP contribution in [0, 0.1) is 5.41 Å². The van der Waals surface area contributed by atoms with E-state index >= 15 is 0 Å². The molecule has 0 radical (unpaired) electrons. The van der Waals surface area contributed by atoms with Crippen LogP contribution in [0.15, 0.2) is 24.4 Å². The molecule has 1 amide bonds. The molecular formula is C17H18N2O2. The summed E-state index contributed by atoms with van der Waals surface area (Å²) in [7, 11) is 0. The van der Waals surface area contributed by atoms with Crippen molar-refractivity contribution >= 4 is 23.1 Å². The quantitative estimate of drug-likeness (QED) is 0.679. The van der Waals surface area contributed by atoms with Gasteiger partial charge in [-0.2, -0.15) is 0 Å². The minimum atomic E-state index is -0.438. The smallest absolute Gasteiger partial charge is 0.223 e. The highest BCUT2D eigenvalue weighted by molar-refractivity contribution is 5.87. The Labute approximate surface area is 123 Å². The molecule has 1 aliphatic carbocycles. The molecule has 2 N–H and O–H groups in total. The number of pyridine rings is 1. The maximum Gasteiger partial charge on any atom is 0.223 e. The molecule has 1 heterocycles. The van der Waals surface area contributed by atoms with Gasteiger partial charge in [-0.25, -0.2) is 0 Å². The lowest BCUT2D eigenvalue weighted by Crippen LogP contribution is -2.34. The normalized spacial score (nSPS) is 21.6. The summed E-state index contributed by atoms with van der Waals surface area (Å²) < 4.78 is 0. The van der Waals surface area contributed by atoms with Gasteiger partial charge in [0.05, 0.1) is 5.52 Å². The molecule has 1 unspecified atom stereocenters. The number of aromatic nitrogens is 1. The number of benzene rings is 1. The Bertz CT molecular complexity index is 739. The van der Waals surface area contributed by atoms with E-state index < -0.39 is 5.41 Å². The SMILES string of the molecule is CC1(C(N)=O)CCc2cc3cc(C=O)cnc3cc2CC1. The molecule has 0 saturated carbocycles. The number of nitrogens with zero attached hydrogens (tertiary/aromatic N) is 1. The van der Waals surface area contributed by atoms with Crippen LogP contribution in [0.2, 0.25) is 0 Å². The molecule has 1 aromatic heterocycles. The van der Waals surface area contributed by atoms with Crippen molar-refractivity contribution in [3.63, 3.8) is 0 Å². The van der Waals surface area contributed by atoms with Gasteiger partial charge in [-0.1, -0.05) is 6.92 Å². The van der Waals surface area contributed by atoms with E-state index in [1.54, 1.807) is 6.20 Å². The second-order valence-electron chi connectivity index (χ2n) is 6.13. The fourth-order valence-electron chi connectivity index (χ4n) is 3.01. The predicted octanol–water partition coefficient (Wildman–Crippen LogP) is 2.42. The summed E-state index contributed by atoms with van der Waals surface area (Å²) in [6.45, 7) is 1.95. The maximum atomic E-state index is 11.7. The van der Waals surface area contributed by atoms with Crippen LogP contribution in [0.1, 0.15) is 41.3 Å². The number of hydrogen-bond acceptors (Lipinski definition) is 3. The van der Waals surface area contributed by atoms with E-state index in [9.17, 15) is 9.59 Å². The summed E-state index contributed by atoms with van der Waals surface area (Å²) in [5.41, 5.74) is 9.06. The first-order chi connectivity index (χ1) is 10.0. The zero-order valence-corrected chi connectivity index (χ0v) is 12.1. The first-order valence-electron chi connectivity index (χ1n) is 7.18. The zero-order valence-electron chi connectivity index (χ0n) is 12.1. The molecule has 1 atom stereocenters. The molecule has 0 saturated heterocycles. The van der Waals surface area contributed by atoms with Crippen LogP contribution in [0.5, 0.6) is 0 Å². The Morgan fingerprint density at radius 3 is 2.52 bits per heavy atom. The van der Waals surface area contributed by atoms with E-state index in [2.05, 4.69) is 17.1 Å². The number of nitrogens with two attached hydrogens (primary N) is 1. The van der Waals surface area contributed by atoms with Crippen LogP contribution in [-0.4, -0.2) is 17.2 Å². The molecule has 108 valence electrons. The van der Waals surface area contributed by atoms with E-state index in [4.69, 9.17) is 5.73 Å². The van der Waals surface area contributed by atoms with Gasteiger partial charge < -0.3 is 5.73 Å². The second kappa shape index (κ2) is 4.95. The van der Waals surface area contributed by atoms with Crippen molar-refractivity contribution in [1.82, 2.24) is 4.98 Å². The van der Waals surface area contributed by atoms with Crippen molar-refractivity contribution in [3.8, 4) is 0 Å². The first-order valence-corrected chi connectivity index (χ1v) is 7.18. The fourth-order valence-corrected chi connectivity index (χ4v) is 3.01. The van der Waals surface area contributed by atoms with Crippen molar-refractivity contribution in [1.29, 1.82) is 0 Å². The topological polar surface area (TPSA) is 73.1 Å². The minimum absolute atomic E-state index is 0.221. The third-order valence-electron chi connectivity index (χ3n) is 4.65. The Hall–Kier alpha value is -2.23. The van der Waals surface area contributed by atoms with Gasteiger partial charge in [-0.15, -0.1) is 0 Å². The monoisotopic (exact) mass is 282 g/mol. The van der Waals surface area contributed by atoms with E-state index in [-0.39, 0.29) is 5.91 Å². The molecule has 1 aromatic carbocycles. The molecule has 21 heavy (non-hydrogen) atoms. The molecular weight excluding hydrogens is 264 g/mol. The van der Waals surface area contributed by atoms with Gasteiger partial charge >= 0.3 is 0 Å². The maximum absolute atomic E-state index is 11.7. The summed E-state index contributed by atoms with van der Waals surface area (Å²) in [6, 6.07) is 6.02. The molecule has 0 aliphatic heterocycles. The van der Waals surface area contributed by atoms with Crippen molar-refractivity contribution in [2.45, 2.75) is 32.6 Å². The molecule has 0 fully saturated rings. The van der Waals surface area contributed by atoms with Crippen molar-refractivity contribution in [2.75, 3.05) is 0 Å². The van der Waals surface area contributed by atoms with Crippen LogP contribution >= 0.6 is 0 Å². The van der Waals surface area contributed by atoms with Crippen LogP contribution in [0.3, 0.4) is 0 Å². The van der Waals surface area contributed by atoms with Gasteiger partial charge in [-0.3, -0.25) is 14.6 Å². The van der Waals surface area contributed by atoms with Gasteiger partial charge in [0.1, 0.15) is 0 Å². The third kappa shape index (κ3) is 2.42. The van der Waals surface area contributed by atoms with Crippen LogP contribution in [-0.2, 0) is 17.6 Å². The number of rotatable bonds is 2. The number of hydrogen-bond donors (Lipinski definition) is 1. The molecule has 4 nitrogen and oxygen atoms in total. The first kappa shape index (κ1) is 13.7. The lowest BCUT2D eigenvalue weighted by atomic mass is 9.81. The van der Waals surface area contributed by atoms with E-state index in [0.717, 1.165) is 42.9 Å². The molecule has 1 aliphatic rings. The summed E-state index contributed by atoms with van der Waals surface area (Å²) in [5.74, 6) is -0.221. The lowest BCUT2D eigenvalue weighted by Gasteiger charge is -2.23. The van der Waals surface area contributed by atoms with Crippen molar-refractivity contribution in [2.24, 2.45) is 11.1 Å². The summed E-state index contributed by atoms with van der Waals surface area (Å²) in [5, 5.41) is 0.973. The predicted molar refractivity (Wildman–Crippen MR) is 81.1 cm³/mol. The second-order valence-corrected chi connectivity index (χ2v) is 6.13. The van der Waals surface area contributed by atoms with E-state index in [1.165, 1.54) is 11.1 Å². The zero-order chi connectivity index (χ0) is 15.0. The largest absolute Gasteiger partial charge is 0.369 e. The Balaban J connectivity index is 2.04. The Kier molecular flexibility index (Phi) is 3.24.